The highest BCUT2D eigenvalue weighted by Gasteiger charge is 1.89. The Morgan fingerprint density at radius 3 is 2.75 bits per heavy atom. The highest BCUT2D eigenvalue weighted by Crippen LogP contribution is 1.90. The first-order chi connectivity index (χ1) is 3.81. The van der Waals surface area contributed by atoms with Crippen molar-refractivity contribution in [2.45, 2.75) is 12.8 Å². The summed E-state index contributed by atoms with van der Waals surface area (Å²) in [6.07, 6.45) is 1.33. The van der Waals surface area contributed by atoms with E-state index in [1.165, 1.54) is 0 Å². The third-order valence-corrected chi connectivity index (χ3v) is 0.962. The Kier molecular flexibility index (Phi) is 4.45. The van der Waals surface area contributed by atoms with Crippen molar-refractivity contribution in [2.24, 2.45) is 10.9 Å². The van der Waals surface area contributed by atoms with Crippen LogP contribution in [0.1, 0.15) is 12.8 Å². The van der Waals surface area contributed by atoms with E-state index in [1.807, 2.05) is 0 Å². The topological polar surface area (TPSA) is 58.6 Å². The van der Waals surface area contributed by atoms with Crippen LogP contribution in [-0.4, -0.2) is 16.9 Å². The van der Waals surface area contributed by atoms with Crippen LogP contribution in [0, 0.1) is 0 Å². The molecule has 0 aromatic heterocycles. The Balaban J connectivity index is 3.12. The summed E-state index contributed by atoms with van der Waals surface area (Å²) in [6, 6.07) is 0. The van der Waals surface area contributed by atoms with E-state index in [1.54, 1.807) is 0 Å². The van der Waals surface area contributed by atoms with Crippen molar-refractivity contribution in [1.82, 2.24) is 0 Å². The molecule has 0 atom stereocenters. The van der Waals surface area contributed by atoms with E-state index in [2.05, 4.69) is 5.16 Å². The molecule has 0 rings (SSSR count). The fraction of sp³-hybridized carbons (Fsp3) is 0.750. The van der Waals surface area contributed by atoms with Gasteiger partial charge in [0.15, 0.2) is 0 Å². The van der Waals surface area contributed by atoms with Gasteiger partial charge in [-0.05, 0) is 6.42 Å². The van der Waals surface area contributed by atoms with Gasteiger partial charge in [-0.25, -0.2) is 0 Å². The number of amidine groups is 1. The van der Waals surface area contributed by atoms with E-state index in [0.717, 1.165) is 6.42 Å². The fourth-order valence-corrected chi connectivity index (χ4v) is 0.432. The Morgan fingerprint density at radius 2 is 2.38 bits per heavy atom. The molecule has 4 heteroatoms. The molecule has 0 saturated carbocycles. The zero-order valence-electron chi connectivity index (χ0n) is 4.47. The van der Waals surface area contributed by atoms with Crippen molar-refractivity contribution in [2.75, 3.05) is 5.88 Å². The van der Waals surface area contributed by atoms with Crippen LogP contribution in [0.25, 0.3) is 0 Å². The Morgan fingerprint density at radius 1 is 1.75 bits per heavy atom. The lowest BCUT2D eigenvalue weighted by Crippen LogP contribution is -2.10. The molecule has 0 fully saturated rings. The summed E-state index contributed by atoms with van der Waals surface area (Å²) in [5.74, 6) is 0.793. The first-order valence-electron chi connectivity index (χ1n) is 2.33. The molecular formula is C4H9ClN2O. The van der Waals surface area contributed by atoms with Crippen molar-refractivity contribution in [3.05, 3.63) is 0 Å². The van der Waals surface area contributed by atoms with E-state index in [-0.39, 0.29) is 5.84 Å². The molecule has 0 radical (unpaired) electrons. The van der Waals surface area contributed by atoms with Crippen LogP contribution < -0.4 is 5.73 Å². The second-order valence-electron chi connectivity index (χ2n) is 1.38. The van der Waals surface area contributed by atoms with Crippen LogP contribution in [0.15, 0.2) is 5.16 Å². The highest BCUT2D eigenvalue weighted by atomic mass is 35.5. The van der Waals surface area contributed by atoms with Crippen LogP contribution in [0.2, 0.25) is 0 Å². The molecule has 0 aromatic rings. The lowest BCUT2D eigenvalue weighted by molar-refractivity contribution is 0.317. The minimum absolute atomic E-state index is 0.241. The molecule has 8 heavy (non-hydrogen) atoms. The predicted octanol–water partition coefficient (Wildman–Crippen LogP) is 0.752. The second kappa shape index (κ2) is 4.71. The monoisotopic (exact) mass is 136 g/mol. The average molecular weight is 137 g/mol. The number of hydrogen-bond donors (Lipinski definition) is 2. The second-order valence-corrected chi connectivity index (χ2v) is 1.76. The summed E-state index contributed by atoms with van der Waals surface area (Å²) < 4.78 is 0. The maximum absolute atomic E-state index is 7.98. The van der Waals surface area contributed by atoms with E-state index < -0.39 is 0 Å². The molecule has 0 unspecified atom stereocenters. The maximum Gasteiger partial charge on any atom is 0.139 e. The van der Waals surface area contributed by atoms with Crippen molar-refractivity contribution >= 4 is 17.4 Å². The Hall–Kier alpha value is -0.440. The van der Waals surface area contributed by atoms with Crippen molar-refractivity contribution in [1.29, 1.82) is 0 Å². The first kappa shape index (κ1) is 7.56. The normalized spacial score (nSPS) is 11.9. The molecule has 0 aliphatic carbocycles. The van der Waals surface area contributed by atoms with Crippen LogP contribution in [0.5, 0.6) is 0 Å². The maximum atomic E-state index is 7.98. The van der Waals surface area contributed by atoms with Gasteiger partial charge in [-0.3, -0.25) is 0 Å². The molecule has 3 N–H and O–H groups in total. The summed E-state index contributed by atoms with van der Waals surface area (Å²) in [5, 5.41) is 10.7. The zero-order chi connectivity index (χ0) is 6.41. The molecule has 0 saturated heterocycles. The molecular weight excluding hydrogens is 128 g/mol. The van der Waals surface area contributed by atoms with Gasteiger partial charge < -0.3 is 10.9 Å². The van der Waals surface area contributed by atoms with E-state index in [0.29, 0.717) is 12.3 Å². The van der Waals surface area contributed by atoms with Gasteiger partial charge in [0.25, 0.3) is 0 Å². The number of rotatable bonds is 3. The molecule has 0 spiro atoms. The molecule has 0 aliphatic rings. The molecule has 0 bridgehead atoms. The SMILES string of the molecule is N/C(CCCCl)=N/O. The molecule has 0 aliphatic heterocycles. The number of nitrogens with zero attached hydrogens (tertiary/aromatic N) is 1. The van der Waals surface area contributed by atoms with Crippen molar-refractivity contribution < 1.29 is 5.21 Å². The van der Waals surface area contributed by atoms with Crippen molar-refractivity contribution in [3.63, 3.8) is 0 Å². The molecule has 0 amide bonds. The average Bonchev–Trinajstić information content (AvgIpc) is 1.83. The minimum Gasteiger partial charge on any atom is -0.409 e. The molecule has 3 nitrogen and oxygen atoms in total. The van der Waals surface area contributed by atoms with Gasteiger partial charge in [0.1, 0.15) is 5.84 Å². The van der Waals surface area contributed by atoms with Crippen LogP contribution in [0.4, 0.5) is 0 Å². The standard InChI is InChI=1S/C4H9ClN2O/c5-3-1-2-4(6)7-8/h8H,1-3H2,(H2,6,7). The summed E-state index contributed by atoms with van der Waals surface area (Å²) in [4.78, 5) is 0. The summed E-state index contributed by atoms with van der Waals surface area (Å²) in [6.45, 7) is 0. The summed E-state index contributed by atoms with van der Waals surface area (Å²) in [7, 11) is 0. The number of oxime groups is 1. The zero-order valence-corrected chi connectivity index (χ0v) is 5.23. The van der Waals surface area contributed by atoms with Gasteiger partial charge >= 0.3 is 0 Å². The summed E-state index contributed by atoms with van der Waals surface area (Å²) in [5.41, 5.74) is 5.10. The fourth-order valence-electron chi connectivity index (χ4n) is 0.298. The number of nitrogens with two attached hydrogens (primary N) is 1. The molecule has 0 aromatic carbocycles. The van der Waals surface area contributed by atoms with Gasteiger partial charge in [0, 0.05) is 12.3 Å². The van der Waals surface area contributed by atoms with Gasteiger partial charge in [-0.2, -0.15) is 0 Å². The number of hydrogen-bond acceptors (Lipinski definition) is 2. The molecule has 48 valence electrons. The van der Waals surface area contributed by atoms with Crippen LogP contribution >= 0.6 is 11.6 Å². The smallest absolute Gasteiger partial charge is 0.139 e. The van der Waals surface area contributed by atoms with Crippen LogP contribution in [0.3, 0.4) is 0 Å². The van der Waals surface area contributed by atoms with E-state index >= 15 is 0 Å². The minimum atomic E-state index is 0.241. The van der Waals surface area contributed by atoms with Gasteiger partial charge in [-0.15, -0.1) is 11.6 Å². The predicted molar refractivity (Wildman–Crippen MR) is 33.4 cm³/mol. The van der Waals surface area contributed by atoms with Crippen molar-refractivity contribution in [3.8, 4) is 0 Å². The van der Waals surface area contributed by atoms with Crippen LogP contribution in [-0.2, 0) is 0 Å². The quantitative estimate of drug-likeness (QED) is 0.198. The van der Waals surface area contributed by atoms with Gasteiger partial charge in [-0.1, -0.05) is 5.16 Å². The number of alkyl halides is 1. The Bertz CT molecular complexity index is 84.1. The third kappa shape index (κ3) is 3.74. The van der Waals surface area contributed by atoms with Gasteiger partial charge in [0.05, 0.1) is 0 Å². The number of halogens is 1. The van der Waals surface area contributed by atoms with Gasteiger partial charge in [0.2, 0.25) is 0 Å². The lowest BCUT2D eigenvalue weighted by Gasteiger charge is -1.91. The third-order valence-electron chi connectivity index (χ3n) is 0.695. The molecule has 0 heterocycles. The Labute approximate surface area is 53.1 Å². The largest absolute Gasteiger partial charge is 0.409 e. The first-order valence-corrected chi connectivity index (χ1v) is 2.87. The van der Waals surface area contributed by atoms with E-state index in [4.69, 9.17) is 22.5 Å². The summed E-state index contributed by atoms with van der Waals surface area (Å²) >= 11 is 5.31. The van der Waals surface area contributed by atoms with E-state index in [9.17, 15) is 0 Å². The lowest BCUT2D eigenvalue weighted by atomic mass is 10.3. The highest BCUT2D eigenvalue weighted by molar-refractivity contribution is 6.17.